The lowest BCUT2D eigenvalue weighted by molar-refractivity contribution is -0.124. The molecule has 2 heterocycles. The van der Waals surface area contributed by atoms with E-state index in [1.54, 1.807) is 29.1 Å². The minimum atomic E-state index is -0.373. The van der Waals surface area contributed by atoms with Crippen LogP contribution < -0.4 is 5.32 Å². The van der Waals surface area contributed by atoms with Crippen LogP contribution in [0.2, 0.25) is 10.0 Å². The number of nitrogens with one attached hydrogen (secondary N) is 1. The molecule has 1 N–H and O–H groups in total. The van der Waals surface area contributed by atoms with E-state index in [9.17, 15) is 4.79 Å². The quantitative estimate of drug-likeness (QED) is 0.929. The summed E-state index contributed by atoms with van der Waals surface area (Å²) >= 11 is 12.1. The number of hydrogen-bond acceptors (Lipinski definition) is 3. The Balaban J connectivity index is 1.73. The molecule has 1 aliphatic heterocycles. The minimum absolute atomic E-state index is 0.138. The Hall–Kier alpha value is -1.56. The highest BCUT2D eigenvalue weighted by Crippen LogP contribution is 2.23. The maximum Gasteiger partial charge on any atom is 0.254 e. The summed E-state index contributed by atoms with van der Waals surface area (Å²) < 4.78 is 7.06. The van der Waals surface area contributed by atoms with Gasteiger partial charge in [-0.05, 0) is 30.5 Å². The Morgan fingerprint density at radius 2 is 2.27 bits per heavy atom. The van der Waals surface area contributed by atoms with Crippen molar-refractivity contribution in [1.29, 1.82) is 0 Å². The van der Waals surface area contributed by atoms with Crippen molar-refractivity contribution in [3.8, 4) is 0 Å². The molecular weight excluding hydrogens is 325 g/mol. The number of amides is 1. The normalized spacial score (nSPS) is 17.6. The number of rotatable bonds is 4. The van der Waals surface area contributed by atoms with Crippen LogP contribution in [0.25, 0.3) is 0 Å². The van der Waals surface area contributed by atoms with Crippen LogP contribution in [-0.4, -0.2) is 28.4 Å². The van der Waals surface area contributed by atoms with Gasteiger partial charge in [-0.3, -0.25) is 4.79 Å². The third-order valence-electron chi connectivity index (χ3n) is 3.53. The van der Waals surface area contributed by atoms with Crippen LogP contribution >= 0.6 is 23.2 Å². The Morgan fingerprint density at radius 1 is 1.41 bits per heavy atom. The molecule has 2 aromatic rings. The smallest absolute Gasteiger partial charge is 0.254 e. The van der Waals surface area contributed by atoms with E-state index in [1.165, 1.54) is 0 Å². The summed E-state index contributed by atoms with van der Waals surface area (Å²) in [6.07, 6.45) is 2.93. The van der Waals surface area contributed by atoms with Crippen molar-refractivity contribution in [2.75, 3.05) is 11.9 Å². The predicted octanol–water partition coefficient (Wildman–Crippen LogP) is 3.36. The summed E-state index contributed by atoms with van der Waals surface area (Å²) in [6.45, 7) is 1.09. The van der Waals surface area contributed by atoms with E-state index in [1.807, 2.05) is 6.07 Å². The fourth-order valence-corrected chi connectivity index (χ4v) is 2.84. The number of anilines is 1. The molecule has 116 valence electrons. The SMILES string of the molecule is O=C(Nc1ccnn1Cc1ccc(Cl)cc1Cl)C1CCCO1. The van der Waals surface area contributed by atoms with E-state index >= 15 is 0 Å². The van der Waals surface area contributed by atoms with Crippen molar-refractivity contribution < 1.29 is 9.53 Å². The van der Waals surface area contributed by atoms with Crippen molar-refractivity contribution in [3.63, 3.8) is 0 Å². The molecular formula is C15H15Cl2N3O2. The maximum atomic E-state index is 12.1. The molecule has 0 aliphatic carbocycles. The fourth-order valence-electron chi connectivity index (χ4n) is 2.37. The van der Waals surface area contributed by atoms with E-state index in [0.717, 1.165) is 18.4 Å². The number of carbonyl (C=O) groups is 1. The van der Waals surface area contributed by atoms with Crippen molar-refractivity contribution in [2.24, 2.45) is 0 Å². The summed E-state index contributed by atoms with van der Waals surface area (Å²) in [5.74, 6) is 0.480. The Kier molecular flexibility index (Phi) is 4.66. The molecule has 1 saturated heterocycles. The van der Waals surface area contributed by atoms with Gasteiger partial charge in [0.1, 0.15) is 11.9 Å². The molecule has 1 aromatic carbocycles. The highest BCUT2D eigenvalue weighted by atomic mass is 35.5. The maximum absolute atomic E-state index is 12.1. The van der Waals surface area contributed by atoms with Crippen LogP contribution in [0.15, 0.2) is 30.5 Å². The molecule has 22 heavy (non-hydrogen) atoms. The zero-order valence-electron chi connectivity index (χ0n) is 11.8. The third-order valence-corrected chi connectivity index (χ3v) is 4.11. The molecule has 0 radical (unpaired) electrons. The Morgan fingerprint density at radius 3 is 3.00 bits per heavy atom. The predicted molar refractivity (Wildman–Crippen MR) is 85.4 cm³/mol. The van der Waals surface area contributed by atoms with Crippen LogP contribution in [0.1, 0.15) is 18.4 Å². The van der Waals surface area contributed by atoms with Gasteiger partial charge in [0, 0.05) is 22.7 Å². The first-order valence-corrected chi connectivity index (χ1v) is 7.77. The summed E-state index contributed by atoms with van der Waals surface area (Å²) in [7, 11) is 0. The standard InChI is InChI=1S/C15H15Cl2N3O2/c16-11-4-3-10(12(17)8-11)9-20-14(5-6-18-20)19-15(21)13-2-1-7-22-13/h3-6,8,13H,1-2,7,9H2,(H,19,21). The molecule has 0 bridgehead atoms. The second kappa shape index (κ2) is 6.69. The number of aromatic nitrogens is 2. The fraction of sp³-hybridized carbons (Fsp3) is 0.333. The van der Waals surface area contributed by atoms with Crippen LogP contribution in [0.5, 0.6) is 0 Å². The largest absolute Gasteiger partial charge is 0.368 e. The van der Waals surface area contributed by atoms with Crippen molar-refractivity contribution >= 4 is 34.9 Å². The van der Waals surface area contributed by atoms with Gasteiger partial charge in [0.25, 0.3) is 5.91 Å². The molecule has 1 aromatic heterocycles. The van der Waals surface area contributed by atoms with E-state index in [4.69, 9.17) is 27.9 Å². The van der Waals surface area contributed by atoms with Gasteiger partial charge >= 0.3 is 0 Å². The van der Waals surface area contributed by atoms with Crippen molar-refractivity contribution in [3.05, 3.63) is 46.1 Å². The van der Waals surface area contributed by atoms with E-state index in [2.05, 4.69) is 10.4 Å². The van der Waals surface area contributed by atoms with Gasteiger partial charge < -0.3 is 10.1 Å². The Labute approximate surface area is 138 Å². The average molecular weight is 340 g/mol. The second-order valence-electron chi connectivity index (χ2n) is 5.10. The van der Waals surface area contributed by atoms with Gasteiger partial charge in [-0.25, -0.2) is 4.68 Å². The number of benzene rings is 1. The van der Waals surface area contributed by atoms with E-state index in [-0.39, 0.29) is 12.0 Å². The van der Waals surface area contributed by atoms with Crippen molar-refractivity contribution in [1.82, 2.24) is 9.78 Å². The lowest BCUT2D eigenvalue weighted by Gasteiger charge is -2.13. The van der Waals surface area contributed by atoms with Gasteiger partial charge in [-0.1, -0.05) is 29.3 Å². The number of halogens is 2. The molecule has 1 aliphatic rings. The zero-order chi connectivity index (χ0) is 15.5. The van der Waals surface area contributed by atoms with Crippen LogP contribution in [0, 0.1) is 0 Å². The van der Waals surface area contributed by atoms with Gasteiger partial charge in [0.2, 0.25) is 0 Å². The summed E-state index contributed by atoms with van der Waals surface area (Å²) in [5.41, 5.74) is 0.877. The summed E-state index contributed by atoms with van der Waals surface area (Å²) in [4.78, 5) is 12.1. The molecule has 1 fully saturated rings. The first-order valence-electron chi connectivity index (χ1n) is 7.02. The number of ether oxygens (including phenoxy) is 1. The lowest BCUT2D eigenvalue weighted by Crippen LogP contribution is -2.28. The van der Waals surface area contributed by atoms with Gasteiger partial charge in [-0.15, -0.1) is 0 Å². The first kappa shape index (κ1) is 15.3. The average Bonchev–Trinajstić information content (AvgIpc) is 3.14. The minimum Gasteiger partial charge on any atom is -0.368 e. The summed E-state index contributed by atoms with van der Waals surface area (Å²) in [5, 5.41) is 8.23. The van der Waals surface area contributed by atoms with Crippen molar-refractivity contribution in [2.45, 2.75) is 25.5 Å². The Bertz CT molecular complexity index is 681. The molecule has 5 nitrogen and oxygen atoms in total. The van der Waals surface area contributed by atoms with Gasteiger partial charge in [0.05, 0.1) is 12.7 Å². The third kappa shape index (κ3) is 3.43. The number of hydrogen-bond donors (Lipinski definition) is 1. The summed E-state index contributed by atoms with van der Waals surface area (Å²) in [6, 6.07) is 7.05. The van der Waals surface area contributed by atoms with E-state index in [0.29, 0.717) is 29.0 Å². The van der Waals surface area contributed by atoms with Gasteiger partial charge in [0.15, 0.2) is 0 Å². The van der Waals surface area contributed by atoms with E-state index < -0.39 is 0 Å². The number of nitrogens with zero attached hydrogens (tertiary/aromatic N) is 2. The molecule has 1 unspecified atom stereocenters. The van der Waals surface area contributed by atoms with Crippen LogP contribution in [-0.2, 0) is 16.1 Å². The zero-order valence-corrected chi connectivity index (χ0v) is 13.3. The molecule has 7 heteroatoms. The molecule has 1 amide bonds. The van der Waals surface area contributed by atoms with Crippen LogP contribution in [0.3, 0.4) is 0 Å². The first-order chi connectivity index (χ1) is 10.6. The monoisotopic (exact) mass is 339 g/mol. The highest BCUT2D eigenvalue weighted by molar-refractivity contribution is 6.35. The topological polar surface area (TPSA) is 56.2 Å². The molecule has 1 atom stereocenters. The molecule has 0 saturated carbocycles. The molecule has 0 spiro atoms. The second-order valence-corrected chi connectivity index (χ2v) is 5.94. The number of carbonyl (C=O) groups excluding carboxylic acids is 1. The molecule has 3 rings (SSSR count). The van der Waals surface area contributed by atoms with Gasteiger partial charge in [-0.2, -0.15) is 5.10 Å². The van der Waals surface area contributed by atoms with Crippen LogP contribution in [0.4, 0.5) is 5.82 Å². The lowest BCUT2D eigenvalue weighted by atomic mass is 10.2. The highest BCUT2D eigenvalue weighted by Gasteiger charge is 2.24.